The van der Waals surface area contributed by atoms with Gasteiger partial charge in [0.2, 0.25) is 0 Å². The summed E-state index contributed by atoms with van der Waals surface area (Å²) in [5.74, 6) is -1.32. The number of carbonyl (C=O) groups excluding carboxylic acids is 2. The number of nitrogens with zero attached hydrogens (tertiary/aromatic N) is 2. The minimum atomic E-state index is -0.522. The molecule has 0 bridgehead atoms. The van der Waals surface area contributed by atoms with Crippen molar-refractivity contribution in [1.29, 1.82) is 0 Å². The van der Waals surface area contributed by atoms with E-state index in [2.05, 4.69) is 9.72 Å². The van der Waals surface area contributed by atoms with Gasteiger partial charge in [0, 0.05) is 12.7 Å². The van der Waals surface area contributed by atoms with E-state index in [1.807, 2.05) is 6.07 Å². The van der Waals surface area contributed by atoms with Gasteiger partial charge in [-0.15, -0.1) is 0 Å². The molecule has 1 aliphatic rings. The molecule has 0 atom stereocenters. The molecule has 2 aromatic rings. The standard InChI is InChI=1S/C17H15FN2O3/c1-23-17(22)12-7-8-14(19-10-12)16(21)20-9-3-5-11-4-2-6-13(18)15(11)20/h2,4,6-8,10H,3,5,9H2,1H3. The zero-order valence-corrected chi connectivity index (χ0v) is 12.6. The Labute approximate surface area is 132 Å². The van der Waals surface area contributed by atoms with E-state index in [-0.39, 0.29) is 17.2 Å². The van der Waals surface area contributed by atoms with Crippen molar-refractivity contribution in [1.82, 2.24) is 4.98 Å². The maximum absolute atomic E-state index is 14.1. The monoisotopic (exact) mass is 314 g/mol. The molecular weight excluding hydrogens is 299 g/mol. The van der Waals surface area contributed by atoms with Crippen LogP contribution in [0.25, 0.3) is 0 Å². The Bertz CT molecular complexity index is 759. The van der Waals surface area contributed by atoms with Crippen molar-refractivity contribution in [3.8, 4) is 0 Å². The van der Waals surface area contributed by atoms with Gasteiger partial charge in [0.15, 0.2) is 0 Å². The zero-order chi connectivity index (χ0) is 16.4. The normalized spacial score (nSPS) is 13.4. The van der Waals surface area contributed by atoms with Crippen LogP contribution in [0.15, 0.2) is 36.5 Å². The van der Waals surface area contributed by atoms with Gasteiger partial charge in [-0.1, -0.05) is 12.1 Å². The molecule has 0 spiro atoms. The molecule has 3 rings (SSSR count). The summed E-state index contributed by atoms with van der Waals surface area (Å²) in [7, 11) is 1.27. The third kappa shape index (κ3) is 2.79. The molecule has 0 fully saturated rings. The summed E-state index contributed by atoms with van der Waals surface area (Å²) in [4.78, 5) is 29.5. The number of halogens is 1. The molecule has 0 aliphatic carbocycles. The highest BCUT2D eigenvalue weighted by Crippen LogP contribution is 2.30. The van der Waals surface area contributed by atoms with Crippen molar-refractivity contribution >= 4 is 17.6 Å². The maximum atomic E-state index is 14.1. The molecule has 0 radical (unpaired) electrons. The molecule has 1 aromatic carbocycles. The second-order valence-corrected chi connectivity index (χ2v) is 5.23. The van der Waals surface area contributed by atoms with Gasteiger partial charge in [-0.25, -0.2) is 9.18 Å². The van der Waals surface area contributed by atoms with E-state index in [1.165, 1.54) is 36.4 Å². The van der Waals surface area contributed by atoms with E-state index < -0.39 is 11.8 Å². The molecule has 6 heteroatoms. The third-order valence-electron chi connectivity index (χ3n) is 3.82. The van der Waals surface area contributed by atoms with E-state index in [4.69, 9.17) is 0 Å². The predicted octanol–water partition coefficient (Wildman–Crippen LogP) is 2.60. The first-order chi connectivity index (χ1) is 11.1. The number of rotatable bonds is 2. The van der Waals surface area contributed by atoms with Crippen LogP contribution in [-0.4, -0.2) is 30.5 Å². The number of fused-ring (bicyclic) bond motifs is 1. The average Bonchev–Trinajstić information content (AvgIpc) is 2.60. The minimum Gasteiger partial charge on any atom is -0.465 e. The van der Waals surface area contributed by atoms with Crippen LogP contribution in [-0.2, 0) is 11.2 Å². The fraction of sp³-hybridized carbons (Fsp3) is 0.235. The second-order valence-electron chi connectivity index (χ2n) is 5.23. The highest BCUT2D eigenvalue weighted by atomic mass is 19.1. The zero-order valence-electron chi connectivity index (χ0n) is 12.6. The maximum Gasteiger partial charge on any atom is 0.339 e. The number of carbonyl (C=O) groups is 2. The lowest BCUT2D eigenvalue weighted by Gasteiger charge is -2.29. The number of ether oxygens (including phenoxy) is 1. The summed E-state index contributed by atoms with van der Waals surface area (Å²) in [5, 5.41) is 0. The largest absolute Gasteiger partial charge is 0.465 e. The van der Waals surface area contributed by atoms with Crippen molar-refractivity contribution in [3.63, 3.8) is 0 Å². The van der Waals surface area contributed by atoms with E-state index in [9.17, 15) is 14.0 Å². The first-order valence-corrected chi connectivity index (χ1v) is 7.25. The van der Waals surface area contributed by atoms with Crippen molar-refractivity contribution in [2.75, 3.05) is 18.6 Å². The summed E-state index contributed by atoms with van der Waals surface area (Å²) in [5.41, 5.74) is 1.56. The van der Waals surface area contributed by atoms with Crippen molar-refractivity contribution < 1.29 is 18.7 Å². The quantitative estimate of drug-likeness (QED) is 0.800. The predicted molar refractivity (Wildman–Crippen MR) is 82.0 cm³/mol. The Hall–Kier alpha value is -2.76. The summed E-state index contributed by atoms with van der Waals surface area (Å²) >= 11 is 0. The number of pyridine rings is 1. The molecule has 5 nitrogen and oxygen atoms in total. The van der Waals surface area contributed by atoms with Crippen molar-refractivity contribution in [2.45, 2.75) is 12.8 Å². The van der Waals surface area contributed by atoms with Gasteiger partial charge in [0.1, 0.15) is 11.5 Å². The molecule has 1 aliphatic heterocycles. The van der Waals surface area contributed by atoms with E-state index in [0.29, 0.717) is 12.2 Å². The van der Waals surface area contributed by atoms with E-state index in [0.717, 1.165) is 18.4 Å². The number of aromatic nitrogens is 1. The lowest BCUT2D eigenvalue weighted by Crippen LogP contribution is -2.36. The Balaban J connectivity index is 1.92. The highest BCUT2D eigenvalue weighted by molar-refractivity contribution is 6.05. The molecule has 0 unspecified atom stereocenters. The number of anilines is 1. The second kappa shape index (κ2) is 6.16. The molecular formula is C17H15FN2O3. The fourth-order valence-corrected chi connectivity index (χ4v) is 2.70. The molecule has 118 valence electrons. The Morgan fingerprint density at radius 2 is 2.09 bits per heavy atom. The number of benzene rings is 1. The van der Waals surface area contributed by atoms with Gasteiger partial charge >= 0.3 is 5.97 Å². The molecule has 0 saturated carbocycles. The number of aryl methyl sites for hydroxylation is 1. The summed E-state index contributed by atoms with van der Waals surface area (Å²) in [6.45, 7) is 0.438. The van der Waals surface area contributed by atoms with Crippen LogP contribution in [0.2, 0.25) is 0 Å². The van der Waals surface area contributed by atoms with Crippen LogP contribution in [0.4, 0.5) is 10.1 Å². The fourth-order valence-electron chi connectivity index (χ4n) is 2.70. The third-order valence-corrected chi connectivity index (χ3v) is 3.82. The van der Waals surface area contributed by atoms with Crippen LogP contribution in [0.3, 0.4) is 0 Å². The smallest absolute Gasteiger partial charge is 0.339 e. The number of hydrogen-bond acceptors (Lipinski definition) is 4. The van der Waals surface area contributed by atoms with Crippen molar-refractivity contribution in [2.24, 2.45) is 0 Å². The topological polar surface area (TPSA) is 59.5 Å². The average molecular weight is 314 g/mol. The van der Waals surface area contributed by atoms with Gasteiger partial charge in [0.25, 0.3) is 5.91 Å². The number of methoxy groups -OCH3 is 1. The van der Waals surface area contributed by atoms with Gasteiger partial charge in [-0.2, -0.15) is 0 Å². The number of amides is 1. The number of para-hydroxylation sites is 1. The Morgan fingerprint density at radius 3 is 2.78 bits per heavy atom. The molecule has 1 amide bonds. The van der Waals surface area contributed by atoms with Gasteiger partial charge in [-0.3, -0.25) is 9.78 Å². The van der Waals surface area contributed by atoms with E-state index >= 15 is 0 Å². The van der Waals surface area contributed by atoms with Crippen LogP contribution in [0, 0.1) is 5.82 Å². The summed E-state index contributed by atoms with van der Waals surface area (Å²) in [6, 6.07) is 7.73. The van der Waals surface area contributed by atoms with Crippen LogP contribution in [0.5, 0.6) is 0 Å². The Kier molecular flexibility index (Phi) is 4.06. The lowest BCUT2D eigenvalue weighted by atomic mass is 10.0. The van der Waals surface area contributed by atoms with Crippen LogP contribution in [0.1, 0.15) is 32.8 Å². The molecule has 0 N–H and O–H groups in total. The number of esters is 1. The lowest BCUT2D eigenvalue weighted by molar-refractivity contribution is 0.0600. The number of hydrogen-bond donors (Lipinski definition) is 0. The molecule has 1 aromatic heterocycles. The Morgan fingerprint density at radius 1 is 1.26 bits per heavy atom. The van der Waals surface area contributed by atoms with Crippen LogP contribution < -0.4 is 4.90 Å². The highest BCUT2D eigenvalue weighted by Gasteiger charge is 2.27. The first-order valence-electron chi connectivity index (χ1n) is 7.25. The van der Waals surface area contributed by atoms with Gasteiger partial charge in [0.05, 0.1) is 18.4 Å². The summed E-state index contributed by atoms with van der Waals surface area (Å²) in [6.07, 6.45) is 2.79. The van der Waals surface area contributed by atoms with Gasteiger partial charge < -0.3 is 9.64 Å². The van der Waals surface area contributed by atoms with Gasteiger partial charge in [-0.05, 0) is 36.6 Å². The van der Waals surface area contributed by atoms with Crippen LogP contribution >= 0.6 is 0 Å². The summed E-state index contributed by atoms with van der Waals surface area (Å²) < 4.78 is 18.7. The SMILES string of the molecule is COC(=O)c1ccc(C(=O)N2CCCc3cccc(F)c32)nc1. The minimum absolute atomic E-state index is 0.161. The molecule has 23 heavy (non-hydrogen) atoms. The first kappa shape index (κ1) is 15.1. The van der Waals surface area contributed by atoms with E-state index in [1.54, 1.807) is 6.07 Å². The van der Waals surface area contributed by atoms with Crippen molar-refractivity contribution in [3.05, 3.63) is 59.2 Å². The molecule has 0 saturated heterocycles. The molecule has 2 heterocycles.